The molecule has 1 aliphatic heterocycles. The monoisotopic (exact) mass is 304 g/mol. The van der Waals surface area contributed by atoms with E-state index in [1.165, 1.54) is 0 Å². The number of allylic oxidation sites excluding steroid dienone is 1. The number of rotatable bonds is 4. The minimum atomic E-state index is 0.296. The average molecular weight is 304 g/mol. The van der Waals surface area contributed by atoms with Crippen molar-refractivity contribution in [2.24, 2.45) is 17.8 Å². The van der Waals surface area contributed by atoms with Crippen molar-refractivity contribution in [2.75, 3.05) is 14.2 Å². The molecule has 2 rings (SSSR count). The second kappa shape index (κ2) is 7.08. The molecule has 0 amide bonds. The zero-order chi connectivity index (χ0) is 16.3. The fourth-order valence-corrected chi connectivity index (χ4v) is 3.14. The Morgan fingerprint density at radius 3 is 2.09 bits per heavy atom. The van der Waals surface area contributed by atoms with Crippen LogP contribution in [0.2, 0.25) is 0 Å². The maximum atomic E-state index is 6.26. The quantitative estimate of drug-likeness (QED) is 0.802. The third kappa shape index (κ3) is 3.40. The van der Waals surface area contributed by atoms with E-state index in [-0.39, 0.29) is 0 Å². The summed E-state index contributed by atoms with van der Waals surface area (Å²) in [5.74, 6) is 4.25. The Kier molecular flexibility index (Phi) is 5.38. The molecule has 1 aromatic rings. The highest BCUT2D eigenvalue weighted by Crippen LogP contribution is 2.39. The highest BCUT2D eigenvalue weighted by molar-refractivity contribution is 5.57. The largest absolute Gasteiger partial charge is 0.497 e. The molecule has 3 heteroatoms. The molecule has 1 aliphatic rings. The Morgan fingerprint density at radius 1 is 1.00 bits per heavy atom. The Balaban J connectivity index is 2.34. The first-order valence-corrected chi connectivity index (χ1v) is 8.11. The molecule has 1 heterocycles. The molecule has 0 bridgehead atoms. The molecule has 0 aromatic heterocycles. The SMILES string of the molecule is CCC1OC(=Cc2cc(OC)cc(OC)c2)C(C)C(C)C1C. The fraction of sp³-hybridized carbons (Fsp3) is 0.579. The Labute approximate surface area is 134 Å². The van der Waals surface area contributed by atoms with Crippen LogP contribution in [0.25, 0.3) is 6.08 Å². The van der Waals surface area contributed by atoms with Crippen LogP contribution in [0, 0.1) is 17.8 Å². The molecule has 22 heavy (non-hydrogen) atoms. The van der Waals surface area contributed by atoms with Crippen LogP contribution in [0.1, 0.15) is 39.7 Å². The van der Waals surface area contributed by atoms with Crippen molar-refractivity contribution in [3.63, 3.8) is 0 Å². The summed E-state index contributed by atoms with van der Waals surface area (Å²) in [6.07, 6.45) is 3.46. The van der Waals surface area contributed by atoms with Gasteiger partial charge < -0.3 is 14.2 Å². The molecule has 4 unspecified atom stereocenters. The van der Waals surface area contributed by atoms with E-state index in [9.17, 15) is 0 Å². The van der Waals surface area contributed by atoms with Gasteiger partial charge in [-0.2, -0.15) is 0 Å². The number of methoxy groups -OCH3 is 2. The first-order valence-electron chi connectivity index (χ1n) is 8.11. The lowest BCUT2D eigenvalue weighted by Crippen LogP contribution is -2.36. The lowest BCUT2D eigenvalue weighted by Gasteiger charge is -2.40. The third-order valence-electron chi connectivity index (χ3n) is 5.03. The van der Waals surface area contributed by atoms with Gasteiger partial charge in [0.25, 0.3) is 0 Å². The van der Waals surface area contributed by atoms with Crippen LogP contribution in [0.4, 0.5) is 0 Å². The van der Waals surface area contributed by atoms with E-state index in [2.05, 4.69) is 33.8 Å². The summed E-state index contributed by atoms with van der Waals surface area (Å²) < 4.78 is 16.9. The van der Waals surface area contributed by atoms with Gasteiger partial charge in [-0.25, -0.2) is 0 Å². The minimum Gasteiger partial charge on any atom is -0.497 e. The zero-order valence-electron chi connectivity index (χ0n) is 14.6. The second-order valence-corrected chi connectivity index (χ2v) is 6.26. The van der Waals surface area contributed by atoms with E-state index >= 15 is 0 Å². The van der Waals surface area contributed by atoms with Crippen LogP contribution in [0.15, 0.2) is 24.0 Å². The molecule has 0 radical (unpaired) electrons. The Bertz CT molecular complexity index is 511. The van der Waals surface area contributed by atoms with Gasteiger partial charge in [-0.1, -0.05) is 27.7 Å². The highest BCUT2D eigenvalue weighted by Gasteiger charge is 2.35. The van der Waals surface area contributed by atoms with Gasteiger partial charge in [-0.15, -0.1) is 0 Å². The maximum Gasteiger partial charge on any atom is 0.123 e. The summed E-state index contributed by atoms with van der Waals surface area (Å²) in [6, 6.07) is 5.90. The van der Waals surface area contributed by atoms with Gasteiger partial charge in [-0.3, -0.25) is 0 Å². The van der Waals surface area contributed by atoms with Gasteiger partial charge in [0.1, 0.15) is 23.4 Å². The average Bonchev–Trinajstić information content (AvgIpc) is 2.54. The summed E-state index contributed by atoms with van der Waals surface area (Å²) in [4.78, 5) is 0. The van der Waals surface area contributed by atoms with Gasteiger partial charge in [0, 0.05) is 12.0 Å². The Morgan fingerprint density at radius 2 is 1.59 bits per heavy atom. The van der Waals surface area contributed by atoms with Crippen LogP contribution in [-0.2, 0) is 4.74 Å². The van der Waals surface area contributed by atoms with Crippen molar-refractivity contribution >= 4 is 6.08 Å². The van der Waals surface area contributed by atoms with Crippen LogP contribution in [0.5, 0.6) is 11.5 Å². The predicted octanol–water partition coefficient (Wildman–Crippen LogP) is 4.76. The first kappa shape index (κ1) is 16.7. The molecule has 0 saturated carbocycles. The van der Waals surface area contributed by atoms with Gasteiger partial charge in [0.15, 0.2) is 0 Å². The molecular formula is C19H28O3. The summed E-state index contributed by atoms with van der Waals surface area (Å²) in [7, 11) is 3.34. The zero-order valence-corrected chi connectivity index (χ0v) is 14.6. The van der Waals surface area contributed by atoms with Crippen molar-refractivity contribution in [1.29, 1.82) is 0 Å². The summed E-state index contributed by atoms with van der Waals surface area (Å²) >= 11 is 0. The third-order valence-corrected chi connectivity index (χ3v) is 5.03. The first-order chi connectivity index (χ1) is 10.5. The molecule has 0 aliphatic carbocycles. The van der Waals surface area contributed by atoms with Gasteiger partial charge in [-0.05, 0) is 42.0 Å². The number of hydrogen-bond donors (Lipinski definition) is 0. The molecule has 1 saturated heterocycles. The standard InChI is InChI=1S/C19H28O3/c1-7-18-13(3)12(2)14(4)19(22-18)10-15-8-16(20-5)11-17(9-15)21-6/h8-14,18H,7H2,1-6H3. The normalized spacial score (nSPS) is 30.0. The van der Waals surface area contributed by atoms with E-state index in [0.717, 1.165) is 29.2 Å². The molecular weight excluding hydrogens is 276 g/mol. The summed E-state index contributed by atoms with van der Waals surface area (Å²) in [5, 5.41) is 0. The number of ether oxygens (including phenoxy) is 3. The van der Waals surface area contributed by atoms with Crippen LogP contribution < -0.4 is 9.47 Å². The van der Waals surface area contributed by atoms with Crippen molar-refractivity contribution in [1.82, 2.24) is 0 Å². The lowest BCUT2D eigenvalue weighted by atomic mass is 9.77. The second-order valence-electron chi connectivity index (χ2n) is 6.26. The van der Waals surface area contributed by atoms with E-state index in [1.54, 1.807) is 14.2 Å². The van der Waals surface area contributed by atoms with Crippen molar-refractivity contribution in [3.05, 3.63) is 29.5 Å². The van der Waals surface area contributed by atoms with Crippen LogP contribution in [0.3, 0.4) is 0 Å². The molecule has 122 valence electrons. The van der Waals surface area contributed by atoms with Crippen molar-refractivity contribution in [2.45, 2.75) is 40.2 Å². The van der Waals surface area contributed by atoms with Gasteiger partial charge in [0.2, 0.25) is 0 Å². The summed E-state index contributed by atoms with van der Waals surface area (Å²) in [5.41, 5.74) is 1.05. The molecule has 3 nitrogen and oxygen atoms in total. The van der Waals surface area contributed by atoms with Crippen LogP contribution in [-0.4, -0.2) is 20.3 Å². The van der Waals surface area contributed by atoms with E-state index in [1.807, 2.05) is 18.2 Å². The van der Waals surface area contributed by atoms with Gasteiger partial charge >= 0.3 is 0 Å². The predicted molar refractivity (Wildman–Crippen MR) is 90.2 cm³/mol. The Hall–Kier alpha value is -1.64. The maximum absolute atomic E-state index is 6.26. The van der Waals surface area contributed by atoms with E-state index < -0.39 is 0 Å². The fourth-order valence-electron chi connectivity index (χ4n) is 3.14. The molecule has 1 fully saturated rings. The molecule has 1 aromatic carbocycles. The van der Waals surface area contributed by atoms with E-state index in [0.29, 0.717) is 23.9 Å². The van der Waals surface area contributed by atoms with Crippen LogP contribution >= 0.6 is 0 Å². The minimum absolute atomic E-state index is 0.296. The smallest absolute Gasteiger partial charge is 0.123 e. The van der Waals surface area contributed by atoms with Crippen molar-refractivity contribution in [3.8, 4) is 11.5 Å². The lowest BCUT2D eigenvalue weighted by molar-refractivity contribution is -0.0240. The molecule has 4 atom stereocenters. The topological polar surface area (TPSA) is 27.7 Å². The molecule has 0 N–H and O–H groups in total. The molecule has 0 spiro atoms. The van der Waals surface area contributed by atoms with Crippen molar-refractivity contribution < 1.29 is 14.2 Å². The number of benzene rings is 1. The summed E-state index contributed by atoms with van der Waals surface area (Å²) in [6.45, 7) is 9.05. The number of hydrogen-bond acceptors (Lipinski definition) is 3. The van der Waals surface area contributed by atoms with E-state index in [4.69, 9.17) is 14.2 Å². The highest BCUT2D eigenvalue weighted by atomic mass is 16.5. The van der Waals surface area contributed by atoms with Gasteiger partial charge in [0.05, 0.1) is 14.2 Å².